The number of rotatable bonds is 3. The van der Waals surface area contributed by atoms with Crippen LogP contribution in [0, 0.1) is 5.92 Å². The van der Waals surface area contributed by atoms with Crippen LogP contribution in [-0.4, -0.2) is 39.2 Å². The van der Waals surface area contributed by atoms with Crippen LogP contribution in [0.15, 0.2) is 36.7 Å². The smallest absolute Gasteiger partial charge is 0.108 e. The lowest BCUT2D eigenvalue weighted by Crippen LogP contribution is -2.40. The normalized spacial score (nSPS) is 27.0. The number of imidazole rings is 1. The van der Waals surface area contributed by atoms with Crippen molar-refractivity contribution in [1.82, 2.24) is 14.5 Å². The fourth-order valence-electron chi connectivity index (χ4n) is 4.08. The van der Waals surface area contributed by atoms with Crippen LogP contribution >= 0.6 is 0 Å². The van der Waals surface area contributed by atoms with E-state index < -0.39 is 0 Å². The van der Waals surface area contributed by atoms with Crippen molar-refractivity contribution in [3.05, 3.63) is 53.6 Å². The van der Waals surface area contributed by atoms with Gasteiger partial charge in [-0.2, -0.15) is 0 Å². The summed E-state index contributed by atoms with van der Waals surface area (Å²) in [5.41, 5.74) is 2.41. The molecule has 0 spiro atoms. The Hall–Kier alpha value is -1.65. The van der Waals surface area contributed by atoms with Crippen LogP contribution in [0.4, 0.5) is 0 Å². The number of aliphatic hydroxyl groups is 1. The van der Waals surface area contributed by atoms with E-state index in [0.717, 1.165) is 31.5 Å². The van der Waals surface area contributed by atoms with E-state index in [-0.39, 0.29) is 12.1 Å². The van der Waals surface area contributed by atoms with Gasteiger partial charge in [0.1, 0.15) is 5.82 Å². The van der Waals surface area contributed by atoms with Gasteiger partial charge in [-0.25, -0.2) is 4.98 Å². The van der Waals surface area contributed by atoms with Gasteiger partial charge in [0.25, 0.3) is 0 Å². The molecule has 0 saturated heterocycles. The third-order valence-electron chi connectivity index (χ3n) is 5.31. The average molecular weight is 297 g/mol. The largest absolute Gasteiger partial charge is 0.387 e. The lowest BCUT2D eigenvalue weighted by Gasteiger charge is -2.33. The topological polar surface area (TPSA) is 41.3 Å². The second-order valence-electron chi connectivity index (χ2n) is 6.76. The predicted molar refractivity (Wildman–Crippen MR) is 85.6 cm³/mol. The lowest BCUT2D eigenvalue weighted by atomic mass is 9.97. The maximum atomic E-state index is 10.6. The SMILES string of the molecule is CN(C[C@@H]1CCc2nccn2C1)[C@@H]1Cc2ccccc2[C@@H]1O. The minimum atomic E-state index is -0.353. The predicted octanol–water partition coefficient (Wildman–Crippen LogP) is 2.04. The molecule has 2 aliphatic rings. The van der Waals surface area contributed by atoms with Gasteiger partial charge in [-0.3, -0.25) is 4.90 Å². The van der Waals surface area contributed by atoms with E-state index in [1.165, 1.54) is 17.8 Å². The van der Waals surface area contributed by atoms with Crippen LogP contribution in [-0.2, 0) is 19.4 Å². The molecule has 4 heteroatoms. The molecular formula is C18H23N3O. The fraction of sp³-hybridized carbons (Fsp3) is 0.500. The summed E-state index contributed by atoms with van der Waals surface area (Å²) in [6.07, 6.45) is 6.85. The quantitative estimate of drug-likeness (QED) is 0.942. The Bertz CT molecular complexity index is 666. The monoisotopic (exact) mass is 297 g/mol. The van der Waals surface area contributed by atoms with Crippen molar-refractivity contribution in [2.45, 2.75) is 38.0 Å². The van der Waals surface area contributed by atoms with Gasteiger partial charge < -0.3 is 9.67 Å². The average Bonchev–Trinajstić information content (AvgIpc) is 3.12. The standard InChI is InChI=1S/C18H23N3O/c1-20(11-13-6-7-17-19-8-9-21(17)12-13)16-10-14-4-2-3-5-15(14)18(16)22/h2-5,8-9,13,16,18,22H,6-7,10-12H2,1H3/t13-,16+,18-/m0/s1. The molecule has 0 fully saturated rings. The molecule has 22 heavy (non-hydrogen) atoms. The van der Waals surface area contributed by atoms with E-state index in [4.69, 9.17) is 0 Å². The maximum absolute atomic E-state index is 10.6. The van der Waals surface area contributed by atoms with E-state index in [9.17, 15) is 5.11 Å². The molecule has 4 rings (SSSR count). The molecule has 0 radical (unpaired) electrons. The summed E-state index contributed by atoms with van der Waals surface area (Å²) in [5, 5.41) is 10.6. The van der Waals surface area contributed by atoms with Crippen LogP contribution in [0.25, 0.3) is 0 Å². The van der Waals surface area contributed by atoms with Crippen molar-refractivity contribution in [3.63, 3.8) is 0 Å². The minimum absolute atomic E-state index is 0.210. The number of hydrogen-bond acceptors (Lipinski definition) is 3. The highest BCUT2D eigenvalue weighted by molar-refractivity contribution is 5.35. The third kappa shape index (κ3) is 2.36. The number of aliphatic hydroxyl groups excluding tert-OH is 1. The Morgan fingerprint density at radius 1 is 1.36 bits per heavy atom. The second-order valence-corrected chi connectivity index (χ2v) is 6.76. The van der Waals surface area contributed by atoms with Gasteiger partial charge >= 0.3 is 0 Å². The number of hydrogen-bond donors (Lipinski definition) is 1. The fourth-order valence-corrected chi connectivity index (χ4v) is 4.08. The van der Waals surface area contributed by atoms with Gasteiger partial charge in [0, 0.05) is 37.9 Å². The zero-order chi connectivity index (χ0) is 15.1. The maximum Gasteiger partial charge on any atom is 0.108 e. The Morgan fingerprint density at radius 2 is 2.23 bits per heavy atom. The van der Waals surface area contributed by atoms with Gasteiger partial charge in [-0.1, -0.05) is 24.3 Å². The summed E-state index contributed by atoms with van der Waals surface area (Å²) in [5.74, 6) is 1.86. The van der Waals surface area contributed by atoms with Crippen LogP contribution in [0.3, 0.4) is 0 Å². The van der Waals surface area contributed by atoms with E-state index in [2.05, 4.69) is 45.9 Å². The first kappa shape index (κ1) is 14.0. The molecule has 1 aliphatic carbocycles. The number of benzene rings is 1. The minimum Gasteiger partial charge on any atom is -0.387 e. The van der Waals surface area contributed by atoms with Crippen LogP contribution < -0.4 is 0 Å². The molecule has 4 nitrogen and oxygen atoms in total. The first-order valence-electron chi connectivity index (χ1n) is 8.18. The zero-order valence-electron chi connectivity index (χ0n) is 13.0. The highest BCUT2D eigenvalue weighted by atomic mass is 16.3. The number of likely N-dealkylation sites (N-methyl/N-ethyl adjacent to an activating group) is 1. The summed E-state index contributed by atoms with van der Waals surface area (Å²) in [7, 11) is 2.16. The van der Waals surface area contributed by atoms with Gasteiger partial charge in [-0.15, -0.1) is 0 Å². The van der Waals surface area contributed by atoms with Gasteiger partial charge in [0.2, 0.25) is 0 Å². The molecule has 1 aliphatic heterocycles. The molecule has 116 valence electrons. The Morgan fingerprint density at radius 3 is 3.09 bits per heavy atom. The molecule has 2 heterocycles. The van der Waals surface area contributed by atoms with Crippen LogP contribution in [0.5, 0.6) is 0 Å². The molecule has 0 saturated carbocycles. The number of nitrogens with zero attached hydrogens (tertiary/aromatic N) is 3. The summed E-state index contributed by atoms with van der Waals surface area (Å²) in [6, 6.07) is 8.50. The van der Waals surface area contributed by atoms with Crippen molar-refractivity contribution < 1.29 is 5.11 Å². The Kier molecular flexibility index (Phi) is 3.51. The number of aromatic nitrogens is 2. The first-order chi connectivity index (χ1) is 10.7. The summed E-state index contributed by atoms with van der Waals surface area (Å²) >= 11 is 0. The Labute approximate surface area is 131 Å². The first-order valence-corrected chi connectivity index (χ1v) is 8.18. The molecule has 2 aromatic rings. The summed E-state index contributed by atoms with van der Waals surface area (Å²) in [4.78, 5) is 6.75. The van der Waals surface area contributed by atoms with Gasteiger partial charge in [0.05, 0.1) is 6.10 Å². The molecule has 1 aromatic heterocycles. The van der Waals surface area contributed by atoms with E-state index in [1.54, 1.807) is 0 Å². The summed E-state index contributed by atoms with van der Waals surface area (Å²) < 4.78 is 2.28. The van der Waals surface area contributed by atoms with Crippen molar-refractivity contribution in [1.29, 1.82) is 0 Å². The second kappa shape index (κ2) is 5.52. The van der Waals surface area contributed by atoms with Crippen molar-refractivity contribution in [2.24, 2.45) is 5.92 Å². The molecule has 0 amide bonds. The molecular weight excluding hydrogens is 274 g/mol. The van der Waals surface area contributed by atoms with Crippen molar-refractivity contribution in [3.8, 4) is 0 Å². The van der Waals surface area contributed by atoms with Crippen molar-refractivity contribution in [2.75, 3.05) is 13.6 Å². The van der Waals surface area contributed by atoms with E-state index >= 15 is 0 Å². The summed E-state index contributed by atoms with van der Waals surface area (Å²) in [6.45, 7) is 2.09. The molecule has 1 N–H and O–H groups in total. The van der Waals surface area contributed by atoms with Gasteiger partial charge in [-0.05, 0) is 36.9 Å². The molecule has 3 atom stereocenters. The zero-order valence-corrected chi connectivity index (χ0v) is 13.0. The van der Waals surface area contributed by atoms with Crippen LogP contribution in [0.2, 0.25) is 0 Å². The van der Waals surface area contributed by atoms with Crippen LogP contribution in [0.1, 0.15) is 29.5 Å². The number of fused-ring (bicyclic) bond motifs is 2. The highest BCUT2D eigenvalue weighted by Gasteiger charge is 2.34. The highest BCUT2D eigenvalue weighted by Crippen LogP contribution is 2.34. The van der Waals surface area contributed by atoms with E-state index in [1.807, 2.05) is 12.3 Å². The lowest BCUT2D eigenvalue weighted by molar-refractivity contribution is 0.0631. The number of aryl methyl sites for hydroxylation is 1. The molecule has 0 unspecified atom stereocenters. The van der Waals surface area contributed by atoms with E-state index in [0.29, 0.717) is 5.92 Å². The Balaban J connectivity index is 1.43. The van der Waals surface area contributed by atoms with Crippen molar-refractivity contribution >= 4 is 0 Å². The third-order valence-corrected chi connectivity index (χ3v) is 5.31. The molecule has 1 aromatic carbocycles. The molecule has 0 bridgehead atoms. The van der Waals surface area contributed by atoms with Gasteiger partial charge in [0.15, 0.2) is 0 Å².